The largest absolute Gasteiger partial charge is 0.392 e. The Labute approximate surface area is 165 Å². The summed E-state index contributed by atoms with van der Waals surface area (Å²) in [6.45, 7) is 5.56. The van der Waals surface area contributed by atoms with Crippen LogP contribution in [-0.4, -0.2) is 23.4 Å². The summed E-state index contributed by atoms with van der Waals surface area (Å²) in [5.41, 5.74) is 3.45. The summed E-state index contributed by atoms with van der Waals surface area (Å²) in [5.74, 6) is 0. The molecule has 0 fully saturated rings. The summed E-state index contributed by atoms with van der Waals surface area (Å²) in [6, 6.07) is 15.0. The molecule has 0 amide bonds. The van der Waals surface area contributed by atoms with Crippen molar-refractivity contribution >= 4 is 35.1 Å². The SMILES string of the molecule is CCCCC1(C)CN(c2ccccc2)c2cc(SC)c(CO)cc2SN1. The maximum absolute atomic E-state index is 9.77. The highest BCUT2D eigenvalue weighted by molar-refractivity contribution is 7.98. The number of anilines is 2. The average Bonchev–Trinajstić information content (AvgIpc) is 2.83. The monoisotopic (exact) mass is 388 g/mol. The van der Waals surface area contributed by atoms with Gasteiger partial charge in [-0.2, -0.15) is 0 Å². The van der Waals surface area contributed by atoms with Crippen LogP contribution in [-0.2, 0) is 6.61 Å². The predicted molar refractivity (Wildman–Crippen MR) is 115 cm³/mol. The Morgan fingerprint density at radius 2 is 2.04 bits per heavy atom. The van der Waals surface area contributed by atoms with E-state index in [2.05, 4.69) is 72.2 Å². The molecular weight excluding hydrogens is 360 g/mol. The van der Waals surface area contributed by atoms with Crippen molar-refractivity contribution in [3.8, 4) is 0 Å². The van der Waals surface area contributed by atoms with Crippen molar-refractivity contribution in [1.82, 2.24) is 4.72 Å². The van der Waals surface area contributed by atoms with Gasteiger partial charge in [0.1, 0.15) is 0 Å². The molecule has 140 valence electrons. The molecule has 0 spiro atoms. The Morgan fingerprint density at radius 3 is 2.69 bits per heavy atom. The zero-order valence-corrected chi connectivity index (χ0v) is 17.4. The van der Waals surface area contributed by atoms with Gasteiger partial charge in [-0.25, -0.2) is 0 Å². The molecule has 1 aliphatic rings. The Bertz CT molecular complexity index is 738. The summed E-state index contributed by atoms with van der Waals surface area (Å²) in [4.78, 5) is 4.75. The summed E-state index contributed by atoms with van der Waals surface area (Å²) in [7, 11) is 0. The minimum Gasteiger partial charge on any atom is -0.392 e. The van der Waals surface area contributed by atoms with Crippen LogP contribution >= 0.6 is 23.7 Å². The van der Waals surface area contributed by atoms with E-state index in [0.717, 1.165) is 23.4 Å². The zero-order chi connectivity index (χ0) is 18.6. The highest BCUT2D eigenvalue weighted by Crippen LogP contribution is 2.42. The minimum absolute atomic E-state index is 0.0223. The number of hydrogen-bond acceptors (Lipinski definition) is 5. The number of aliphatic hydroxyl groups excluding tert-OH is 1. The molecule has 0 bridgehead atoms. The number of aliphatic hydroxyl groups is 1. The molecule has 1 atom stereocenters. The quantitative estimate of drug-likeness (QED) is 0.498. The molecule has 1 aliphatic heterocycles. The standard InChI is InChI=1S/C21H28N2OS2/c1-4-5-11-21(2)15-23(17-9-7-6-8-10-17)18-13-19(25-3)16(14-24)12-20(18)26-22-21/h6-10,12-13,22,24H,4-5,11,14-15H2,1-3H3. The highest BCUT2D eigenvalue weighted by Gasteiger charge is 2.32. The van der Waals surface area contributed by atoms with Crippen LogP contribution in [0.4, 0.5) is 11.4 Å². The maximum Gasteiger partial charge on any atom is 0.0693 e. The van der Waals surface area contributed by atoms with E-state index in [-0.39, 0.29) is 12.1 Å². The van der Waals surface area contributed by atoms with Gasteiger partial charge in [0.25, 0.3) is 0 Å². The molecule has 0 radical (unpaired) electrons. The van der Waals surface area contributed by atoms with Crippen molar-refractivity contribution in [1.29, 1.82) is 0 Å². The smallest absolute Gasteiger partial charge is 0.0693 e. The molecule has 0 saturated heterocycles. The third-order valence-electron chi connectivity index (χ3n) is 4.89. The molecule has 1 unspecified atom stereocenters. The molecule has 3 rings (SSSR count). The van der Waals surface area contributed by atoms with Gasteiger partial charge in [-0.05, 0) is 61.4 Å². The van der Waals surface area contributed by atoms with E-state index < -0.39 is 0 Å². The van der Waals surface area contributed by atoms with Gasteiger partial charge in [-0.3, -0.25) is 4.72 Å². The van der Waals surface area contributed by atoms with E-state index in [1.54, 1.807) is 23.7 Å². The fourth-order valence-corrected chi connectivity index (χ4v) is 4.99. The number of benzene rings is 2. The minimum atomic E-state index is 0.0223. The zero-order valence-electron chi connectivity index (χ0n) is 15.8. The second-order valence-electron chi connectivity index (χ2n) is 7.08. The normalized spacial score (nSPS) is 19.9. The molecule has 3 nitrogen and oxygen atoms in total. The first-order valence-corrected chi connectivity index (χ1v) is 11.2. The lowest BCUT2D eigenvalue weighted by Gasteiger charge is -2.34. The first-order valence-electron chi connectivity index (χ1n) is 9.18. The Kier molecular flexibility index (Phi) is 6.56. The number of nitrogens with one attached hydrogen (secondary N) is 1. The fraction of sp³-hybridized carbons (Fsp3) is 0.429. The van der Waals surface area contributed by atoms with E-state index in [9.17, 15) is 5.11 Å². The molecule has 0 aromatic heterocycles. The molecule has 1 heterocycles. The van der Waals surface area contributed by atoms with Crippen LogP contribution in [0.15, 0.2) is 52.3 Å². The molecule has 26 heavy (non-hydrogen) atoms. The lowest BCUT2D eigenvalue weighted by atomic mass is 9.95. The summed E-state index contributed by atoms with van der Waals surface area (Å²) in [6.07, 6.45) is 5.61. The first-order chi connectivity index (χ1) is 12.6. The van der Waals surface area contributed by atoms with Crippen LogP contribution in [0.1, 0.15) is 38.7 Å². The Morgan fingerprint density at radius 1 is 1.27 bits per heavy atom. The van der Waals surface area contributed by atoms with Gasteiger partial charge in [0, 0.05) is 27.6 Å². The van der Waals surface area contributed by atoms with E-state index in [1.165, 1.54) is 29.1 Å². The Balaban J connectivity index is 2.08. The van der Waals surface area contributed by atoms with Crippen LogP contribution < -0.4 is 9.62 Å². The van der Waals surface area contributed by atoms with Crippen molar-refractivity contribution in [3.63, 3.8) is 0 Å². The van der Waals surface area contributed by atoms with Crippen molar-refractivity contribution in [3.05, 3.63) is 48.0 Å². The van der Waals surface area contributed by atoms with Crippen molar-refractivity contribution in [2.24, 2.45) is 0 Å². The van der Waals surface area contributed by atoms with Crippen LogP contribution in [0.5, 0.6) is 0 Å². The number of fused-ring (bicyclic) bond motifs is 1. The lowest BCUT2D eigenvalue weighted by molar-refractivity contribution is 0.278. The van der Waals surface area contributed by atoms with E-state index in [4.69, 9.17) is 0 Å². The van der Waals surface area contributed by atoms with Crippen molar-refractivity contribution in [2.45, 2.75) is 55.0 Å². The Hall–Kier alpha value is -1.14. The van der Waals surface area contributed by atoms with E-state index in [0.29, 0.717) is 0 Å². The van der Waals surface area contributed by atoms with Crippen LogP contribution in [0.2, 0.25) is 0 Å². The molecule has 2 aromatic rings. The fourth-order valence-electron chi connectivity index (χ4n) is 3.38. The maximum atomic E-state index is 9.77. The predicted octanol–water partition coefficient (Wildman–Crippen LogP) is 5.60. The van der Waals surface area contributed by atoms with Gasteiger partial charge in [-0.1, -0.05) is 38.0 Å². The number of hydrogen-bond donors (Lipinski definition) is 2. The van der Waals surface area contributed by atoms with Crippen molar-refractivity contribution in [2.75, 3.05) is 17.7 Å². The third kappa shape index (κ3) is 4.22. The van der Waals surface area contributed by atoms with Crippen LogP contribution in [0.25, 0.3) is 0 Å². The first kappa shape index (κ1) is 19.6. The van der Waals surface area contributed by atoms with E-state index >= 15 is 0 Å². The number of thioether (sulfide) groups is 1. The van der Waals surface area contributed by atoms with Gasteiger partial charge in [-0.15, -0.1) is 11.8 Å². The second-order valence-corrected chi connectivity index (χ2v) is 8.78. The number of unbranched alkanes of at least 4 members (excludes halogenated alkanes) is 1. The van der Waals surface area contributed by atoms with Crippen molar-refractivity contribution < 1.29 is 5.11 Å². The molecule has 0 saturated carbocycles. The summed E-state index contributed by atoms with van der Waals surface area (Å²) >= 11 is 3.40. The van der Waals surface area contributed by atoms with Gasteiger partial charge in [0.2, 0.25) is 0 Å². The van der Waals surface area contributed by atoms with Gasteiger partial charge in [0.05, 0.1) is 12.3 Å². The van der Waals surface area contributed by atoms with E-state index in [1.807, 2.05) is 0 Å². The topological polar surface area (TPSA) is 35.5 Å². The lowest BCUT2D eigenvalue weighted by Crippen LogP contribution is -2.46. The van der Waals surface area contributed by atoms with Crippen LogP contribution in [0, 0.1) is 0 Å². The van der Waals surface area contributed by atoms with Gasteiger partial charge in [0.15, 0.2) is 0 Å². The summed E-state index contributed by atoms with van der Waals surface area (Å²) < 4.78 is 3.72. The number of para-hydroxylation sites is 1. The number of rotatable bonds is 6. The highest BCUT2D eigenvalue weighted by atomic mass is 32.2. The van der Waals surface area contributed by atoms with Gasteiger partial charge >= 0.3 is 0 Å². The number of nitrogens with zero attached hydrogens (tertiary/aromatic N) is 1. The van der Waals surface area contributed by atoms with Crippen LogP contribution in [0.3, 0.4) is 0 Å². The summed E-state index contributed by atoms with van der Waals surface area (Å²) in [5, 5.41) is 9.77. The molecular formula is C21H28N2OS2. The third-order valence-corrected chi connectivity index (χ3v) is 6.85. The molecule has 0 aliphatic carbocycles. The average molecular weight is 389 g/mol. The molecule has 2 aromatic carbocycles. The molecule has 5 heteroatoms. The second kappa shape index (κ2) is 8.70. The molecule has 2 N–H and O–H groups in total. The van der Waals surface area contributed by atoms with Gasteiger partial charge < -0.3 is 10.0 Å².